The zero-order chi connectivity index (χ0) is 29.0. The molecule has 0 amide bonds. The molecule has 0 fully saturated rings. The van der Waals surface area contributed by atoms with Crippen LogP contribution in [0.25, 0.3) is 0 Å². The van der Waals surface area contributed by atoms with Crippen LogP contribution in [0.2, 0.25) is 5.04 Å². The maximum Gasteiger partial charge on any atom is 0.346 e. The van der Waals surface area contributed by atoms with Crippen LogP contribution in [0, 0.1) is 0 Å². The van der Waals surface area contributed by atoms with Gasteiger partial charge in [-0.25, -0.2) is 0 Å². The van der Waals surface area contributed by atoms with Crippen LogP contribution >= 0.6 is 11.8 Å². The summed E-state index contributed by atoms with van der Waals surface area (Å²) in [5.41, 5.74) is 0. The van der Waals surface area contributed by atoms with Crippen molar-refractivity contribution in [2.45, 2.75) is 109 Å². The summed E-state index contributed by atoms with van der Waals surface area (Å²) in [5, 5.41) is 10.5. The first-order valence-electron chi connectivity index (χ1n) is 16.4. The van der Waals surface area contributed by atoms with Crippen molar-refractivity contribution in [3.05, 3.63) is 60.7 Å². The summed E-state index contributed by atoms with van der Waals surface area (Å²) in [6, 6.07) is 22.9. The fourth-order valence-corrected chi connectivity index (χ4v) is 12.2. The molecule has 0 unspecified atom stereocenters. The largest absolute Gasteiger partial charge is 0.404 e. The van der Waals surface area contributed by atoms with Gasteiger partial charge in [0.2, 0.25) is 0 Å². The number of nitrogens with zero attached hydrogens (tertiary/aromatic N) is 1. The lowest BCUT2D eigenvalue weighted by molar-refractivity contribution is -0.542. The molecule has 4 rings (SSSR count). The van der Waals surface area contributed by atoms with E-state index in [1.807, 2.05) is 0 Å². The molecule has 0 aliphatic carbocycles. The molecule has 2 aromatic carbocycles. The van der Waals surface area contributed by atoms with Gasteiger partial charge >= 0.3 is 5.96 Å². The average molecular weight is 595 g/mol. The smallest absolute Gasteiger partial charge is 0.346 e. The van der Waals surface area contributed by atoms with Gasteiger partial charge < -0.3 is 4.43 Å². The fraction of sp³-hybridized carbons (Fsp3) is 0.629. The third kappa shape index (κ3) is 8.87. The van der Waals surface area contributed by atoms with E-state index >= 15 is 0 Å². The van der Waals surface area contributed by atoms with Gasteiger partial charge in [0.25, 0.3) is 8.32 Å². The van der Waals surface area contributed by atoms with Crippen LogP contribution in [0.1, 0.15) is 91.9 Å². The number of benzene rings is 2. The summed E-state index contributed by atoms with van der Waals surface area (Å²) in [4.78, 5) is 0. The van der Waals surface area contributed by atoms with E-state index in [1.54, 1.807) is 0 Å². The van der Waals surface area contributed by atoms with Crippen molar-refractivity contribution < 1.29 is 9.00 Å². The Morgan fingerprint density at radius 1 is 0.780 bits per heavy atom. The van der Waals surface area contributed by atoms with E-state index in [4.69, 9.17) is 4.43 Å². The molecule has 2 aliphatic rings. The Hall–Kier alpha value is -1.76. The Morgan fingerprint density at radius 3 is 1.90 bits per heavy atom. The molecule has 41 heavy (non-hydrogen) atoms. The number of hydrogen-bond acceptors (Lipinski definition) is 4. The topological polar surface area (TPSA) is 36.3 Å². The van der Waals surface area contributed by atoms with E-state index < -0.39 is 8.32 Å². The maximum atomic E-state index is 7.26. The Morgan fingerprint density at radius 2 is 1.32 bits per heavy atom. The quantitative estimate of drug-likeness (QED) is 0.132. The summed E-state index contributed by atoms with van der Waals surface area (Å²) in [6.07, 6.45) is 13.6. The summed E-state index contributed by atoms with van der Waals surface area (Å²) < 4.78 is 9.78. The lowest BCUT2D eigenvalue weighted by Gasteiger charge is -2.44. The molecule has 2 heterocycles. The molecule has 226 valence electrons. The average Bonchev–Trinajstić information content (AvgIpc) is 2.98. The maximum absolute atomic E-state index is 7.26. The van der Waals surface area contributed by atoms with E-state index in [-0.39, 0.29) is 5.04 Å². The summed E-state index contributed by atoms with van der Waals surface area (Å²) in [5.74, 6) is 3.74. The second kappa shape index (κ2) is 16.2. The molecule has 6 heteroatoms. The molecule has 2 aromatic rings. The highest BCUT2D eigenvalue weighted by molar-refractivity contribution is 7.99. The van der Waals surface area contributed by atoms with Crippen LogP contribution in [0.5, 0.6) is 0 Å². The summed E-state index contributed by atoms with van der Waals surface area (Å²) >= 11 is 2.14. The zero-order valence-electron chi connectivity index (χ0n) is 26.3. The molecule has 0 spiro atoms. The molecular weight excluding hydrogens is 539 g/mol. The molecule has 0 saturated carbocycles. The molecular formula is C35H56N3OSSi+. The van der Waals surface area contributed by atoms with Crippen molar-refractivity contribution in [3.8, 4) is 0 Å². The Balaban J connectivity index is 1.29. The van der Waals surface area contributed by atoms with Gasteiger partial charge in [-0.2, -0.15) is 11.8 Å². The molecule has 0 bridgehead atoms. The van der Waals surface area contributed by atoms with E-state index in [0.29, 0.717) is 12.1 Å². The van der Waals surface area contributed by atoms with Gasteiger partial charge in [0.15, 0.2) is 0 Å². The van der Waals surface area contributed by atoms with Crippen LogP contribution in [-0.4, -0.2) is 62.1 Å². The van der Waals surface area contributed by atoms with Gasteiger partial charge in [-0.1, -0.05) is 133 Å². The third-order valence-corrected chi connectivity index (χ3v) is 15.1. The standard InChI is InChI=1S/C35H55N3OSSi/c1-5-6-7-8-9-10-11-18-27-40-29-31-24-26-38-25-23-30(36-34(38)37-31)28-39-41(35(2,3)4,32-19-14-12-15-20-32)33-21-16-13-17-22-33/h12-17,19-22,30-31H,5-11,18,23-29H2,1-4H3,(H,36,37)/p+1/t30-,31-/m1/s1. The highest BCUT2D eigenvalue weighted by Crippen LogP contribution is 2.37. The van der Waals surface area contributed by atoms with Crippen molar-refractivity contribution in [2.75, 3.05) is 31.2 Å². The van der Waals surface area contributed by atoms with Gasteiger partial charge in [-0.3, -0.25) is 15.2 Å². The van der Waals surface area contributed by atoms with Crippen LogP contribution in [-0.2, 0) is 4.43 Å². The van der Waals surface area contributed by atoms with E-state index in [2.05, 4.69) is 115 Å². The number of unbranched alkanes of at least 4 members (excludes halogenated alkanes) is 7. The lowest BCUT2D eigenvalue weighted by atomic mass is 10.1. The first kappa shape index (κ1) is 32.2. The number of thioether (sulfide) groups is 1. The van der Waals surface area contributed by atoms with Gasteiger partial charge in [0.05, 0.1) is 31.8 Å². The normalized spacial score (nSPS) is 19.4. The van der Waals surface area contributed by atoms with Gasteiger partial charge in [-0.15, -0.1) is 0 Å². The highest BCUT2D eigenvalue weighted by atomic mass is 32.2. The van der Waals surface area contributed by atoms with Crippen molar-refractivity contribution in [2.24, 2.45) is 0 Å². The summed E-state index contributed by atoms with van der Waals surface area (Å²) in [6.45, 7) is 12.4. The molecule has 0 radical (unpaired) electrons. The molecule has 0 saturated heterocycles. The molecule has 2 atom stereocenters. The molecule has 0 aromatic heterocycles. The fourth-order valence-electron chi connectivity index (χ4n) is 6.51. The van der Waals surface area contributed by atoms with Crippen LogP contribution in [0.4, 0.5) is 0 Å². The minimum atomic E-state index is -2.52. The number of guanidine groups is 1. The van der Waals surface area contributed by atoms with Gasteiger partial charge in [0.1, 0.15) is 0 Å². The lowest BCUT2D eigenvalue weighted by Crippen LogP contribution is -2.68. The SMILES string of the molecule is CCCCCCCCCCSC[C@H]1CC[N+]2=C(N[C@@H](CO[Si](c3ccccc3)(c3ccccc3)C(C)(C)C)CC2)N1. The van der Waals surface area contributed by atoms with Crippen molar-refractivity contribution >= 4 is 36.4 Å². The predicted molar refractivity (Wildman–Crippen MR) is 182 cm³/mol. The van der Waals surface area contributed by atoms with Crippen LogP contribution in [0.3, 0.4) is 0 Å². The Bertz CT molecular complexity index is 1020. The zero-order valence-corrected chi connectivity index (χ0v) is 28.1. The minimum absolute atomic E-state index is 0.00398. The first-order chi connectivity index (χ1) is 19.9. The summed E-state index contributed by atoms with van der Waals surface area (Å²) in [7, 11) is -2.52. The number of nitrogens with one attached hydrogen (secondary N) is 2. The predicted octanol–water partition coefficient (Wildman–Crippen LogP) is 6.53. The minimum Gasteiger partial charge on any atom is -0.404 e. The van der Waals surface area contributed by atoms with Crippen molar-refractivity contribution in [1.82, 2.24) is 10.6 Å². The molecule has 4 nitrogen and oxygen atoms in total. The van der Waals surface area contributed by atoms with Crippen molar-refractivity contribution in [3.63, 3.8) is 0 Å². The van der Waals surface area contributed by atoms with E-state index in [0.717, 1.165) is 26.1 Å². The third-order valence-electron chi connectivity index (χ3n) is 8.87. The monoisotopic (exact) mass is 594 g/mol. The van der Waals surface area contributed by atoms with E-state index in [1.165, 1.54) is 85.6 Å². The Kier molecular flexibility index (Phi) is 12.7. The molecule has 2 aliphatic heterocycles. The highest BCUT2D eigenvalue weighted by Gasteiger charge is 2.50. The first-order valence-corrected chi connectivity index (χ1v) is 19.5. The van der Waals surface area contributed by atoms with Gasteiger partial charge in [0, 0.05) is 18.6 Å². The molecule has 2 N–H and O–H groups in total. The van der Waals surface area contributed by atoms with Crippen molar-refractivity contribution in [1.29, 1.82) is 0 Å². The van der Waals surface area contributed by atoms with Gasteiger partial charge in [-0.05, 0) is 27.6 Å². The van der Waals surface area contributed by atoms with E-state index in [9.17, 15) is 0 Å². The van der Waals surface area contributed by atoms with Crippen LogP contribution in [0.15, 0.2) is 60.7 Å². The van der Waals surface area contributed by atoms with Crippen LogP contribution < -0.4 is 21.0 Å². The Labute approximate surface area is 256 Å². The second-order valence-electron chi connectivity index (χ2n) is 13.1. The second-order valence-corrected chi connectivity index (χ2v) is 18.6. The number of hydrogen-bond donors (Lipinski definition) is 2. The number of rotatable bonds is 16.